The Bertz CT molecular complexity index is 1120. The summed E-state index contributed by atoms with van der Waals surface area (Å²) in [5, 5.41) is 23.3. The molecule has 3 aromatic carbocycles. The summed E-state index contributed by atoms with van der Waals surface area (Å²) in [7, 11) is 0. The third-order valence-corrected chi connectivity index (χ3v) is 4.74. The Labute approximate surface area is 176 Å². The van der Waals surface area contributed by atoms with Crippen LogP contribution in [0.5, 0.6) is 11.5 Å². The summed E-state index contributed by atoms with van der Waals surface area (Å²) in [6.07, 6.45) is 1.25. The van der Waals surface area contributed by atoms with E-state index in [2.05, 4.69) is 10.5 Å². The van der Waals surface area contributed by atoms with Crippen molar-refractivity contribution in [2.24, 2.45) is 5.10 Å². The number of aromatic hydroxyl groups is 2. The van der Waals surface area contributed by atoms with Crippen molar-refractivity contribution in [1.29, 1.82) is 0 Å². The minimum Gasteiger partial charge on any atom is -0.504 e. The van der Waals surface area contributed by atoms with Crippen LogP contribution in [0.15, 0.2) is 65.8 Å². The average molecular weight is 429 g/mol. The van der Waals surface area contributed by atoms with Gasteiger partial charge in [0.05, 0.1) is 27.4 Å². The number of ketones is 1. The predicted octanol–water partition coefficient (Wildman–Crippen LogP) is 4.40. The summed E-state index contributed by atoms with van der Waals surface area (Å²) in [5.41, 5.74) is 2.98. The second kappa shape index (κ2) is 8.77. The lowest BCUT2D eigenvalue weighted by atomic mass is 10.0. The van der Waals surface area contributed by atoms with E-state index in [9.17, 15) is 19.8 Å². The van der Waals surface area contributed by atoms with Gasteiger partial charge in [-0.25, -0.2) is 5.43 Å². The number of phenols is 2. The van der Waals surface area contributed by atoms with Crippen LogP contribution < -0.4 is 5.43 Å². The first kappa shape index (κ1) is 20.4. The van der Waals surface area contributed by atoms with E-state index >= 15 is 0 Å². The zero-order valence-electron chi connectivity index (χ0n) is 14.8. The summed E-state index contributed by atoms with van der Waals surface area (Å²) >= 11 is 12.5. The molecule has 1 amide bonds. The van der Waals surface area contributed by atoms with E-state index in [1.807, 2.05) is 0 Å². The van der Waals surface area contributed by atoms with Crippen LogP contribution in [0.3, 0.4) is 0 Å². The number of amides is 1. The van der Waals surface area contributed by atoms with Crippen LogP contribution in [0.2, 0.25) is 10.0 Å². The Morgan fingerprint density at radius 2 is 1.66 bits per heavy atom. The van der Waals surface area contributed by atoms with E-state index in [1.54, 1.807) is 36.4 Å². The van der Waals surface area contributed by atoms with Crippen molar-refractivity contribution in [3.63, 3.8) is 0 Å². The van der Waals surface area contributed by atoms with Gasteiger partial charge in [0.15, 0.2) is 17.3 Å². The Balaban J connectivity index is 1.84. The Kier molecular flexibility index (Phi) is 6.16. The van der Waals surface area contributed by atoms with Crippen LogP contribution in [0, 0.1) is 0 Å². The predicted molar refractivity (Wildman–Crippen MR) is 111 cm³/mol. The summed E-state index contributed by atoms with van der Waals surface area (Å²) in [4.78, 5) is 24.8. The molecular formula is C21H14Cl2N2O4. The molecule has 0 aliphatic heterocycles. The number of hydrogen-bond donors (Lipinski definition) is 3. The molecule has 3 rings (SSSR count). The monoisotopic (exact) mass is 428 g/mol. The Morgan fingerprint density at radius 1 is 0.931 bits per heavy atom. The van der Waals surface area contributed by atoms with Crippen LogP contribution in [-0.2, 0) is 0 Å². The van der Waals surface area contributed by atoms with E-state index in [4.69, 9.17) is 23.2 Å². The molecule has 0 aromatic heterocycles. The van der Waals surface area contributed by atoms with Gasteiger partial charge < -0.3 is 10.2 Å². The molecule has 0 heterocycles. The van der Waals surface area contributed by atoms with Crippen LogP contribution >= 0.6 is 23.2 Å². The molecular weight excluding hydrogens is 415 g/mol. The molecule has 3 N–H and O–H groups in total. The first-order valence-corrected chi connectivity index (χ1v) is 9.08. The fraction of sp³-hybridized carbons (Fsp3) is 0. The molecule has 0 fully saturated rings. The molecule has 0 spiro atoms. The Morgan fingerprint density at radius 3 is 2.38 bits per heavy atom. The van der Waals surface area contributed by atoms with Gasteiger partial charge in [-0.05, 0) is 18.2 Å². The smallest absolute Gasteiger partial charge is 0.275 e. The van der Waals surface area contributed by atoms with Crippen molar-refractivity contribution in [1.82, 2.24) is 5.43 Å². The highest BCUT2D eigenvalue weighted by molar-refractivity contribution is 6.42. The van der Waals surface area contributed by atoms with Gasteiger partial charge in [-0.3, -0.25) is 9.59 Å². The molecule has 0 radical (unpaired) electrons. The maximum Gasteiger partial charge on any atom is 0.275 e. The van der Waals surface area contributed by atoms with E-state index < -0.39 is 17.4 Å². The lowest BCUT2D eigenvalue weighted by Crippen LogP contribution is -2.17. The zero-order chi connectivity index (χ0) is 21.0. The molecule has 0 aliphatic rings. The zero-order valence-corrected chi connectivity index (χ0v) is 16.3. The van der Waals surface area contributed by atoms with Crippen molar-refractivity contribution < 1.29 is 19.8 Å². The molecule has 0 atom stereocenters. The van der Waals surface area contributed by atoms with Crippen molar-refractivity contribution in [2.75, 3.05) is 0 Å². The third-order valence-electron chi connectivity index (χ3n) is 4.01. The van der Waals surface area contributed by atoms with E-state index in [0.717, 1.165) is 0 Å². The van der Waals surface area contributed by atoms with Gasteiger partial charge in [0, 0.05) is 11.1 Å². The molecule has 0 saturated heterocycles. The standard InChI is InChI=1S/C21H14Cl2N2O4/c22-15-10-9-13(18(23)17(15)19(27)12-5-2-1-3-6-12)11-24-25-21(29)14-7-4-8-16(26)20(14)28/h1-11,26,28H,(H,25,29). The van der Waals surface area contributed by atoms with Crippen molar-refractivity contribution in [3.8, 4) is 11.5 Å². The number of carbonyl (C=O) groups is 2. The number of halogens is 2. The molecule has 146 valence electrons. The van der Waals surface area contributed by atoms with E-state index in [0.29, 0.717) is 11.1 Å². The van der Waals surface area contributed by atoms with E-state index in [-0.39, 0.29) is 27.0 Å². The van der Waals surface area contributed by atoms with Crippen molar-refractivity contribution in [2.45, 2.75) is 0 Å². The number of nitrogens with zero attached hydrogens (tertiary/aromatic N) is 1. The minimum atomic E-state index is -0.736. The molecule has 6 nitrogen and oxygen atoms in total. The number of nitrogens with one attached hydrogen (secondary N) is 1. The minimum absolute atomic E-state index is 0.0876. The molecule has 0 saturated carbocycles. The highest BCUT2D eigenvalue weighted by atomic mass is 35.5. The number of hydrogen-bond acceptors (Lipinski definition) is 5. The Hall–Kier alpha value is -3.35. The second-order valence-corrected chi connectivity index (χ2v) is 6.68. The SMILES string of the molecule is O=C(NN=Cc1ccc(Cl)c(C(=O)c2ccccc2)c1Cl)c1cccc(O)c1O. The molecule has 0 bridgehead atoms. The number of carbonyl (C=O) groups excluding carboxylic acids is 2. The van der Waals surface area contributed by atoms with Gasteiger partial charge in [0.25, 0.3) is 5.91 Å². The van der Waals surface area contributed by atoms with Gasteiger partial charge in [0.2, 0.25) is 0 Å². The summed E-state index contributed by atoms with van der Waals surface area (Å²) in [6, 6.07) is 15.6. The third kappa shape index (κ3) is 4.39. The van der Waals surface area contributed by atoms with Crippen LogP contribution in [0.25, 0.3) is 0 Å². The molecule has 8 heteroatoms. The van der Waals surface area contributed by atoms with Gasteiger partial charge in [-0.2, -0.15) is 5.10 Å². The lowest BCUT2D eigenvalue weighted by molar-refractivity contribution is 0.0951. The normalized spacial score (nSPS) is 10.8. The average Bonchev–Trinajstić information content (AvgIpc) is 2.72. The molecule has 29 heavy (non-hydrogen) atoms. The summed E-state index contributed by atoms with van der Waals surface area (Å²) < 4.78 is 0. The maximum atomic E-state index is 12.7. The number of phenolic OH excluding ortho intramolecular Hbond substituents is 2. The maximum absolute atomic E-state index is 12.7. The second-order valence-electron chi connectivity index (χ2n) is 5.89. The van der Waals surface area contributed by atoms with Gasteiger partial charge in [-0.15, -0.1) is 0 Å². The van der Waals surface area contributed by atoms with Crippen molar-refractivity contribution >= 4 is 41.1 Å². The largest absolute Gasteiger partial charge is 0.504 e. The fourth-order valence-electron chi connectivity index (χ4n) is 2.55. The van der Waals surface area contributed by atoms with Gasteiger partial charge in [0.1, 0.15) is 0 Å². The number of hydrazone groups is 1. The molecule has 3 aromatic rings. The molecule has 0 unspecified atom stereocenters. The van der Waals surface area contributed by atoms with Gasteiger partial charge >= 0.3 is 0 Å². The van der Waals surface area contributed by atoms with Crippen LogP contribution in [-0.4, -0.2) is 28.1 Å². The quantitative estimate of drug-likeness (QED) is 0.242. The summed E-state index contributed by atoms with van der Waals surface area (Å²) in [6.45, 7) is 0. The fourth-order valence-corrected chi connectivity index (χ4v) is 3.14. The number of rotatable bonds is 5. The van der Waals surface area contributed by atoms with Crippen LogP contribution in [0.4, 0.5) is 0 Å². The number of benzene rings is 3. The highest BCUT2D eigenvalue weighted by Crippen LogP contribution is 2.30. The lowest BCUT2D eigenvalue weighted by Gasteiger charge is -2.09. The summed E-state index contributed by atoms with van der Waals surface area (Å²) in [5.74, 6) is -2.06. The first-order chi connectivity index (χ1) is 13.9. The topological polar surface area (TPSA) is 99.0 Å². The first-order valence-electron chi connectivity index (χ1n) is 8.32. The van der Waals surface area contributed by atoms with Crippen molar-refractivity contribution in [3.05, 3.63) is 93.0 Å². The van der Waals surface area contributed by atoms with Gasteiger partial charge in [-0.1, -0.05) is 65.7 Å². The highest BCUT2D eigenvalue weighted by Gasteiger charge is 2.19. The molecule has 0 aliphatic carbocycles. The number of para-hydroxylation sites is 1. The van der Waals surface area contributed by atoms with E-state index in [1.165, 1.54) is 30.5 Å². The van der Waals surface area contributed by atoms with Crippen LogP contribution in [0.1, 0.15) is 31.8 Å².